The lowest BCUT2D eigenvalue weighted by Gasteiger charge is -2.50. The van der Waals surface area contributed by atoms with Crippen molar-refractivity contribution in [2.75, 3.05) is 26.4 Å². The molecule has 0 aromatic carbocycles. The third-order valence-electron chi connectivity index (χ3n) is 8.81. The van der Waals surface area contributed by atoms with Crippen molar-refractivity contribution in [3.05, 3.63) is 0 Å². The minimum atomic E-state index is -1.85. The van der Waals surface area contributed by atoms with Crippen molar-refractivity contribution in [1.82, 2.24) is 0 Å². The van der Waals surface area contributed by atoms with Gasteiger partial charge in [-0.25, -0.2) is 0 Å². The summed E-state index contributed by atoms with van der Waals surface area (Å²) in [5, 5.41) is 61.0. The van der Waals surface area contributed by atoms with Crippen LogP contribution in [0.1, 0.15) is 33.1 Å². The van der Waals surface area contributed by atoms with E-state index in [-0.39, 0.29) is 49.3 Å². The van der Waals surface area contributed by atoms with Crippen LogP contribution in [0.2, 0.25) is 0 Å². The number of hydrogen-bond acceptors (Lipinski definition) is 10. The smallest absolute Gasteiger partial charge is 0.310 e. The summed E-state index contributed by atoms with van der Waals surface area (Å²) >= 11 is 0. The SMILES string of the molecule is CC(CO)[C@H]1C2C(=O)OC1[C@@H](O)[C@]1(C)C2CC[C@H]1COC1OC(CO)CC(O)(CO)C1O. The molecule has 0 amide bonds. The number of aliphatic hydroxyl groups excluding tert-OH is 5. The molecule has 4 fully saturated rings. The Bertz CT molecular complexity index is 704. The maximum Gasteiger partial charge on any atom is 0.310 e. The number of rotatable bonds is 7. The first-order valence-electron chi connectivity index (χ1n) is 11.5. The van der Waals surface area contributed by atoms with Gasteiger partial charge in [0, 0.05) is 24.4 Å². The van der Waals surface area contributed by atoms with Crippen molar-refractivity contribution < 1.29 is 49.6 Å². The van der Waals surface area contributed by atoms with Crippen molar-refractivity contribution in [1.29, 1.82) is 0 Å². The van der Waals surface area contributed by atoms with E-state index in [1.54, 1.807) is 0 Å². The maximum absolute atomic E-state index is 12.7. The van der Waals surface area contributed by atoms with Gasteiger partial charge in [-0.1, -0.05) is 13.8 Å². The van der Waals surface area contributed by atoms with Crippen LogP contribution in [0.4, 0.5) is 0 Å². The molecule has 0 aromatic rings. The lowest BCUT2D eigenvalue weighted by atomic mass is 9.55. The Hall–Kier alpha value is -0.850. The highest BCUT2D eigenvalue weighted by Gasteiger charge is 2.68. The first-order chi connectivity index (χ1) is 15.1. The second-order valence-corrected chi connectivity index (χ2v) is 10.4. The molecule has 4 aliphatic rings. The van der Waals surface area contributed by atoms with Gasteiger partial charge < -0.3 is 44.8 Å². The van der Waals surface area contributed by atoms with E-state index >= 15 is 0 Å². The zero-order valence-electron chi connectivity index (χ0n) is 18.5. The first kappa shape index (κ1) is 24.3. The van der Waals surface area contributed by atoms with Gasteiger partial charge in [0.1, 0.15) is 17.8 Å². The Kier molecular flexibility index (Phi) is 6.63. The Morgan fingerprint density at radius 3 is 2.53 bits per heavy atom. The van der Waals surface area contributed by atoms with Crippen LogP contribution in [0.15, 0.2) is 0 Å². The van der Waals surface area contributed by atoms with Gasteiger partial charge in [0.2, 0.25) is 0 Å². The summed E-state index contributed by atoms with van der Waals surface area (Å²) in [6, 6.07) is 0. The molecule has 184 valence electrons. The predicted molar refractivity (Wildman–Crippen MR) is 108 cm³/mol. The molecular formula is C22H36O10. The predicted octanol–water partition coefficient (Wildman–Crippen LogP) is -1.61. The number of esters is 1. The summed E-state index contributed by atoms with van der Waals surface area (Å²) in [6.45, 7) is 2.70. The molecule has 0 radical (unpaired) electrons. The fourth-order valence-electron chi connectivity index (χ4n) is 6.80. The topological polar surface area (TPSA) is 166 Å². The number of aliphatic hydroxyl groups is 6. The number of carbonyl (C=O) groups excluding carboxylic acids is 1. The molecule has 10 nitrogen and oxygen atoms in total. The zero-order chi connectivity index (χ0) is 23.4. The molecule has 2 bridgehead atoms. The third kappa shape index (κ3) is 3.51. The van der Waals surface area contributed by atoms with Gasteiger partial charge in [-0.2, -0.15) is 0 Å². The molecule has 8 unspecified atom stereocenters. The first-order valence-corrected chi connectivity index (χ1v) is 11.5. The van der Waals surface area contributed by atoms with E-state index in [1.165, 1.54) is 0 Å². The van der Waals surface area contributed by atoms with Crippen LogP contribution in [0, 0.1) is 35.0 Å². The van der Waals surface area contributed by atoms with Gasteiger partial charge in [0.05, 0.1) is 37.9 Å². The van der Waals surface area contributed by atoms with Crippen LogP contribution < -0.4 is 0 Å². The molecule has 0 aromatic heterocycles. The molecule has 2 saturated carbocycles. The highest BCUT2D eigenvalue weighted by molar-refractivity contribution is 5.77. The minimum absolute atomic E-state index is 0.0896. The van der Waals surface area contributed by atoms with Crippen LogP contribution in [-0.2, 0) is 19.0 Å². The van der Waals surface area contributed by atoms with Crippen LogP contribution in [-0.4, -0.2) is 99.3 Å². The van der Waals surface area contributed by atoms with E-state index in [4.69, 9.17) is 14.2 Å². The molecule has 12 atom stereocenters. The van der Waals surface area contributed by atoms with Crippen molar-refractivity contribution in [3.63, 3.8) is 0 Å². The van der Waals surface area contributed by atoms with Crippen molar-refractivity contribution in [3.8, 4) is 0 Å². The van der Waals surface area contributed by atoms with E-state index in [1.807, 2.05) is 13.8 Å². The number of hydrogen-bond donors (Lipinski definition) is 6. The molecule has 10 heteroatoms. The highest BCUT2D eigenvalue weighted by atomic mass is 16.7. The molecule has 32 heavy (non-hydrogen) atoms. The van der Waals surface area contributed by atoms with Gasteiger partial charge in [-0.3, -0.25) is 4.79 Å². The summed E-state index contributed by atoms with van der Waals surface area (Å²) in [6.07, 6.45) is -3.92. The van der Waals surface area contributed by atoms with E-state index in [9.17, 15) is 35.4 Å². The van der Waals surface area contributed by atoms with E-state index in [2.05, 4.69) is 0 Å². The summed E-state index contributed by atoms with van der Waals surface area (Å²) < 4.78 is 17.0. The zero-order valence-corrected chi connectivity index (χ0v) is 18.5. The van der Waals surface area contributed by atoms with Crippen LogP contribution in [0.25, 0.3) is 0 Å². The summed E-state index contributed by atoms with van der Waals surface area (Å²) in [5.41, 5.74) is -2.52. The summed E-state index contributed by atoms with van der Waals surface area (Å²) in [7, 11) is 0. The fraction of sp³-hybridized carbons (Fsp3) is 0.955. The number of ether oxygens (including phenoxy) is 3. The second kappa shape index (κ2) is 8.74. The van der Waals surface area contributed by atoms with Crippen LogP contribution >= 0.6 is 0 Å². The molecule has 2 aliphatic heterocycles. The molecule has 6 N–H and O–H groups in total. The maximum atomic E-state index is 12.7. The molecule has 2 saturated heterocycles. The molecular weight excluding hydrogens is 424 g/mol. The Balaban J connectivity index is 1.51. The average molecular weight is 461 g/mol. The molecule has 2 aliphatic carbocycles. The van der Waals surface area contributed by atoms with Crippen LogP contribution in [0.5, 0.6) is 0 Å². The molecule has 2 heterocycles. The average Bonchev–Trinajstić information content (AvgIpc) is 3.28. The largest absolute Gasteiger partial charge is 0.459 e. The third-order valence-corrected chi connectivity index (χ3v) is 8.81. The van der Waals surface area contributed by atoms with E-state index in [0.717, 1.165) is 0 Å². The summed E-state index contributed by atoms with van der Waals surface area (Å²) in [4.78, 5) is 12.7. The molecule has 4 rings (SSSR count). The van der Waals surface area contributed by atoms with Crippen LogP contribution in [0.3, 0.4) is 0 Å². The van der Waals surface area contributed by atoms with Gasteiger partial charge in [0.25, 0.3) is 0 Å². The van der Waals surface area contributed by atoms with Gasteiger partial charge in [-0.15, -0.1) is 0 Å². The number of fused-ring (bicyclic) bond motifs is 4. The molecule has 0 spiro atoms. The Morgan fingerprint density at radius 2 is 1.91 bits per heavy atom. The number of carbonyl (C=O) groups is 1. The van der Waals surface area contributed by atoms with Gasteiger partial charge in [0.15, 0.2) is 6.29 Å². The Labute approximate surface area is 187 Å². The Morgan fingerprint density at radius 1 is 1.19 bits per heavy atom. The fourth-order valence-corrected chi connectivity index (χ4v) is 6.80. The second-order valence-electron chi connectivity index (χ2n) is 10.4. The van der Waals surface area contributed by atoms with E-state index < -0.39 is 60.9 Å². The van der Waals surface area contributed by atoms with E-state index in [0.29, 0.717) is 12.8 Å². The normalized spacial score (nSPS) is 51.4. The van der Waals surface area contributed by atoms with Gasteiger partial charge in [-0.05, 0) is 30.6 Å². The van der Waals surface area contributed by atoms with Crippen molar-refractivity contribution in [2.24, 2.45) is 35.0 Å². The highest BCUT2D eigenvalue weighted by Crippen LogP contribution is 2.63. The van der Waals surface area contributed by atoms with Crippen molar-refractivity contribution >= 4 is 5.97 Å². The van der Waals surface area contributed by atoms with Gasteiger partial charge >= 0.3 is 5.97 Å². The quantitative estimate of drug-likeness (QED) is 0.243. The minimum Gasteiger partial charge on any atom is -0.459 e. The lowest BCUT2D eigenvalue weighted by molar-refractivity contribution is -0.308. The lowest BCUT2D eigenvalue weighted by Crippen LogP contribution is -2.61. The monoisotopic (exact) mass is 460 g/mol. The standard InChI is InChI=1S/C22H36O10/c1-10(6-23)14-15-13-4-3-11(21(13,2)17(26)16(14)32-19(15)28)8-30-20-18(27)22(29,9-25)5-12(7-24)31-20/h10-18,20,23-27,29H,3-9H2,1-2H3/t10?,11-,12?,13?,14-,15?,16?,17+,18?,20?,21-,22?/m0/s1. The van der Waals surface area contributed by atoms with Crippen molar-refractivity contribution in [2.45, 2.75) is 69.4 Å². The summed E-state index contributed by atoms with van der Waals surface area (Å²) in [5.74, 6) is -1.43.